The van der Waals surface area contributed by atoms with Crippen LogP contribution in [0.25, 0.3) is 0 Å². The van der Waals surface area contributed by atoms with Crippen molar-refractivity contribution in [1.29, 1.82) is 0 Å². The minimum Gasteiger partial charge on any atom is -0.335 e. The van der Waals surface area contributed by atoms with Crippen LogP contribution in [0.15, 0.2) is 5.38 Å². The van der Waals surface area contributed by atoms with Gasteiger partial charge in [0.1, 0.15) is 5.69 Å². The van der Waals surface area contributed by atoms with E-state index in [1.54, 1.807) is 10.3 Å². The first-order valence-electron chi connectivity index (χ1n) is 5.84. The minimum absolute atomic E-state index is 0.0555. The number of nitrogens with zero attached hydrogens (tertiary/aromatic N) is 2. The van der Waals surface area contributed by atoms with Crippen LogP contribution in [0.3, 0.4) is 0 Å². The van der Waals surface area contributed by atoms with Crippen LogP contribution >= 0.6 is 11.3 Å². The SMILES string of the molecule is CC(C)c1nc(C(=O)N2CCS(=O)(=O)CC2)cs1. The maximum atomic E-state index is 12.1. The monoisotopic (exact) mass is 288 g/mol. The molecule has 1 saturated heterocycles. The van der Waals surface area contributed by atoms with E-state index in [9.17, 15) is 13.2 Å². The number of carbonyl (C=O) groups excluding carboxylic acids is 1. The maximum absolute atomic E-state index is 12.1. The highest BCUT2D eigenvalue weighted by Gasteiger charge is 2.27. The predicted molar refractivity (Wildman–Crippen MR) is 70.8 cm³/mol. The molecule has 0 atom stereocenters. The normalized spacial score (nSPS) is 19.2. The Morgan fingerprint density at radius 1 is 1.39 bits per heavy atom. The molecule has 1 fully saturated rings. The number of hydrogen-bond donors (Lipinski definition) is 0. The number of aromatic nitrogens is 1. The fourth-order valence-corrected chi connectivity index (χ4v) is 3.74. The summed E-state index contributed by atoms with van der Waals surface area (Å²) >= 11 is 1.47. The number of amides is 1. The molecule has 2 rings (SSSR count). The van der Waals surface area contributed by atoms with Crippen LogP contribution in [0, 0.1) is 0 Å². The summed E-state index contributed by atoms with van der Waals surface area (Å²) in [5.74, 6) is 0.256. The van der Waals surface area contributed by atoms with Crippen molar-refractivity contribution in [3.05, 3.63) is 16.1 Å². The lowest BCUT2D eigenvalue weighted by Crippen LogP contribution is -2.43. The third-order valence-corrected chi connectivity index (χ3v) is 5.62. The van der Waals surface area contributed by atoms with E-state index in [4.69, 9.17) is 0 Å². The van der Waals surface area contributed by atoms with Crippen LogP contribution in [0.1, 0.15) is 35.3 Å². The molecule has 100 valence electrons. The molecule has 0 unspecified atom stereocenters. The lowest BCUT2D eigenvalue weighted by molar-refractivity contribution is 0.0765. The number of sulfone groups is 1. The van der Waals surface area contributed by atoms with E-state index in [0.29, 0.717) is 11.6 Å². The summed E-state index contributed by atoms with van der Waals surface area (Å²) in [6, 6.07) is 0. The van der Waals surface area contributed by atoms with Crippen molar-refractivity contribution in [2.45, 2.75) is 19.8 Å². The van der Waals surface area contributed by atoms with Crippen molar-refractivity contribution in [2.75, 3.05) is 24.6 Å². The van der Waals surface area contributed by atoms with Gasteiger partial charge in [0, 0.05) is 24.4 Å². The molecule has 0 saturated carbocycles. The molecule has 1 aromatic heterocycles. The zero-order chi connectivity index (χ0) is 13.3. The molecule has 1 amide bonds. The summed E-state index contributed by atoms with van der Waals surface area (Å²) in [5.41, 5.74) is 0.433. The number of rotatable bonds is 2. The number of thiazole rings is 1. The van der Waals surface area contributed by atoms with Crippen LogP contribution in [0.5, 0.6) is 0 Å². The highest BCUT2D eigenvalue weighted by atomic mass is 32.2. The average molecular weight is 288 g/mol. The zero-order valence-electron chi connectivity index (χ0n) is 10.4. The van der Waals surface area contributed by atoms with E-state index in [1.807, 2.05) is 13.8 Å². The van der Waals surface area contributed by atoms with Crippen molar-refractivity contribution in [3.63, 3.8) is 0 Å². The largest absolute Gasteiger partial charge is 0.335 e. The first-order valence-corrected chi connectivity index (χ1v) is 8.54. The summed E-state index contributed by atoms with van der Waals surface area (Å²) in [7, 11) is -2.95. The van der Waals surface area contributed by atoms with Gasteiger partial charge in [-0.05, 0) is 0 Å². The lowest BCUT2D eigenvalue weighted by Gasteiger charge is -2.25. The van der Waals surface area contributed by atoms with Gasteiger partial charge in [-0.15, -0.1) is 11.3 Å². The summed E-state index contributed by atoms with van der Waals surface area (Å²) in [6.07, 6.45) is 0. The summed E-state index contributed by atoms with van der Waals surface area (Å²) < 4.78 is 22.6. The standard InChI is InChI=1S/C11H16N2O3S2/c1-8(2)10-12-9(7-17-10)11(14)13-3-5-18(15,16)6-4-13/h7-8H,3-6H2,1-2H3. The van der Waals surface area contributed by atoms with Crippen LogP contribution in [-0.4, -0.2) is 48.8 Å². The summed E-state index contributed by atoms with van der Waals surface area (Å²) in [6.45, 7) is 4.60. The van der Waals surface area contributed by atoms with Gasteiger partial charge in [0.15, 0.2) is 9.84 Å². The molecule has 0 aromatic carbocycles. The first-order chi connectivity index (χ1) is 8.39. The van der Waals surface area contributed by atoms with E-state index in [0.717, 1.165) is 5.01 Å². The van der Waals surface area contributed by atoms with Crippen LogP contribution in [0.4, 0.5) is 0 Å². The second-order valence-corrected chi connectivity index (χ2v) is 7.86. The van der Waals surface area contributed by atoms with E-state index in [1.165, 1.54) is 11.3 Å². The Bertz CT molecular complexity index is 534. The highest BCUT2D eigenvalue weighted by Crippen LogP contribution is 2.20. The van der Waals surface area contributed by atoms with Crippen LogP contribution in [0.2, 0.25) is 0 Å². The molecule has 0 N–H and O–H groups in total. The van der Waals surface area contributed by atoms with E-state index in [2.05, 4.69) is 4.98 Å². The molecule has 0 radical (unpaired) electrons. The molecule has 0 aliphatic carbocycles. The van der Waals surface area contributed by atoms with Gasteiger partial charge in [0.05, 0.1) is 16.5 Å². The average Bonchev–Trinajstić information content (AvgIpc) is 2.77. The van der Waals surface area contributed by atoms with Gasteiger partial charge in [-0.25, -0.2) is 13.4 Å². The fraction of sp³-hybridized carbons (Fsp3) is 0.636. The molecule has 2 heterocycles. The Balaban J connectivity index is 2.07. The van der Waals surface area contributed by atoms with Crippen LogP contribution in [-0.2, 0) is 9.84 Å². The molecular formula is C11H16N2O3S2. The Morgan fingerprint density at radius 3 is 2.50 bits per heavy atom. The Morgan fingerprint density at radius 2 is 2.00 bits per heavy atom. The van der Waals surface area contributed by atoms with Crippen molar-refractivity contribution in [3.8, 4) is 0 Å². The molecule has 1 aliphatic rings. The highest BCUT2D eigenvalue weighted by molar-refractivity contribution is 7.91. The van der Waals surface area contributed by atoms with Gasteiger partial charge in [-0.1, -0.05) is 13.8 Å². The second-order valence-electron chi connectivity index (χ2n) is 4.67. The molecule has 5 nitrogen and oxygen atoms in total. The topological polar surface area (TPSA) is 67.3 Å². The van der Waals surface area contributed by atoms with E-state index in [-0.39, 0.29) is 30.5 Å². The van der Waals surface area contributed by atoms with Crippen molar-refractivity contribution < 1.29 is 13.2 Å². The molecular weight excluding hydrogens is 272 g/mol. The first kappa shape index (κ1) is 13.5. The predicted octanol–water partition coefficient (Wildman–Crippen LogP) is 1.14. The third kappa shape index (κ3) is 2.89. The van der Waals surface area contributed by atoms with Crippen molar-refractivity contribution in [2.24, 2.45) is 0 Å². The van der Waals surface area contributed by atoms with Gasteiger partial charge >= 0.3 is 0 Å². The maximum Gasteiger partial charge on any atom is 0.273 e. The minimum atomic E-state index is -2.95. The van der Waals surface area contributed by atoms with Gasteiger partial charge < -0.3 is 4.90 Å². The quantitative estimate of drug-likeness (QED) is 0.818. The molecule has 18 heavy (non-hydrogen) atoms. The molecule has 7 heteroatoms. The Hall–Kier alpha value is -0.950. The molecule has 1 aliphatic heterocycles. The summed E-state index contributed by atoms with van der Waals surface area (Å²) in [4.78, 5) is 18.0. The van der Waals surface area contributed by atoms with E-state index < -0.39 is 9.84 Å². The van der Waals surface area contributed by atoms with Gasteiger partial charge in [0.2, 0.25) is 0 Å². The summed E-state index contributed by atoms with van der Waals surface area (Å²) in [5, 5.41) is 2.68. The molecule has 0 spiro atoms. The van der Waals surface area contributed by atoms with Gasteiger partial charge in [-0.3, -0.25) is 4.79 Å². The fourth-order valence-electron chi connectivity index (χ4n) is 1.73. The Labute approximate surface area is 111 Å². The van der Waals surface area contributed by atoms with Gasteiger partial charge in [-0.2, -0.15) is 0 Å². The molecule has 1 aromatic rings. The lowest BCUT2D eigenvalue weighted by atomic mass is 10.2. The zero-order valence-corrected chi connectivity index (χ0v) is 12.1. The van der Waals surface area contributed by atoms with Gasteiger partial charge in [0.25, 0.3) is 5.91 Å². The van der Waals surface area contributed by atoms with Crippen LogP contribution < -0.4 is 0 Å². The number of carbonyl (C=O) groups is 1. The second kappa shape index (κ2) is 4.97. The van der Waals surface area contributed by atoms with E-state index >= 15 is 0 Å². The third-order valence-electron chi connectivity index (χ3n) is 2.87. The van der Waals surface area contributed by atoms with Crippen molar-refractivity contribution in [1.82, 2.24) is 9.88 Å². The van der Waals surface area contributed by atoms with Crippen molar-refractivity contribution >= 4 is 27.1 Å². The Kier molecular flexibility index (Phi) is 3.72. The smallest absolute Gasteiger partial charge is 0.273 e. The number of hydrogen-bond acceptors (Lipinski definition) is 5. The molecule has 0 bridgehead atoms.